The number of benzene rings is 1. The van der Waals surface area contributed by atoms with E-state index in [2.05, 4.69) is 11.1 Å². The molecule has 2 aromatic rings. The highest BCUT2D eigenvalue weighted by atomic mass is 16.2. The smallest absolute Gasteiger partial charge is 0.270 e. The Morgan fingerprint density at radius 3 is 2.63 bits per heavy atom. The Kier molecular flexibility index (Phi) is 2.91. The molecule has 4 heteroatoms. The lowest BCUT2D eigenvalue weighted by molar-refractivity contribution is 0.0728. The molecule has 1 aromatic carbocycles. The van der Waals surface area contributed by atoms with Crippen LogP contribution in [0, 0.1) is 0 Å². The van der Waals surface area contributed by atoms with Gasteiger partial charge in [-0.3, -0.25) is 9.59 Å². The van der Waals surface area contributed by atoms with Crippen molar-refractivity contribution in [3.8, 4) is 0 Å². The van der Waals surface area contributed by atoms with Crippen molar-refractivity contribution >= 4 is 5.91 Å². The number of H-pyrrole nitrogens is 1. The van der Waals surface area contributed by atoms with Crippen LogP contribution < -0.4 is 5.56 Å². The van der Waals surface area contributed by atoms with E-state index < -0.39 is 0 Å². The van der Waals surface area contributed by atoms with Gasteiger partial charge in [0.15, 0.2) is 0 Å². The van der Waals surface area contributed by atoms with Crippen molar-refractivity contribution in [2.45, 2.75) is 13.0 Å². The van der Waals surface area contributed by atoms with Gasteiger partial charge >= 0.3 is 0 Å². The van der Waals surface area contributed by atoms with Gasteiger partial charge in [0.1, 0.15) is 5.69 Å². The predicted octanol–water partition coefficient (Wildman–Crippen LogP) is 1.57. The van der Waals surface area contributed by atoms with E-state index >= 15 is 0 Å². The number of aromatic nitrogens is 1. The van der Waals surface area contributed by atoms with Gasteiger partial charge in [0.05, 0.1) is 0 Å². The molecule has 0 fully saturated rings. The Morgan fingerprint density at radius 2 is 1.84 bits per heavy atom. The minimum atomic E-state index is -0.247. The number of fused-ring (bicyclic) bond motifs is 1. The SMILES string of the molecule is O=C(c1cccc(=O)[nH]1)N1CCc2ccccc2C1. The van der Waals surface area contributed by atoms with Crippen molar-refractivity contribution in [2.75, 3.05) is 6.54 Å². The second-order valence-electron chi connectivity index (χ2n) is 4.67. The first kappa shape index (κ1) is 11.7. The molecular formula is C15H14N2O2. The van der Waals surface area contributed by atoms with Gasteiger partial charge in [0, 0.05) is 19.2 Å². The Labute approximate surface area is 110 Å². The number of rotatable bonds is 1. The summed E-state index contributed by atoms with van der Waals surface area (Å²) in [5.74, 6) is -0.118. The molecule has 1 N–H and O–H groups in total. The highest BCUT2D eigenvalue weighted by Crippen LogP contribution is 2.19. The molecule has 0 spiro atoms. The molecule has 2 heterocycles. The van der Waals surface area contributed by atoms with Crippen LogP contribution in [0.4, 0.5) is 0 Å². The summed E-state index contributed by atoms with van der Waals surface area (Å²) >= 11 is 0. The zero-order valence-electron chi connectivity index (χ0n) is 10.4. The van der Waals surface area contributed by atoms with Crippen molar-refractivity contribution < 1.29 is 4.79 Å². The zero-order chi connectivity index (χ0) is 13.2. The molecular weight excluding hydrogens is 240 g/mol. The number of nitrogens with zero attached hydrogens (tertiary/aromatic N) is 1. The van der Waals surface area contributed by atoms with Gasteiger partial charge in [-0.2, -0.15) is 0 Å². The van der Waals surface area contributed by atoms with Crippen LogP contribution in [0.1, 0.15) is 21.6 Å². The maximum Gasteiger partial charge on any atom is 0.270 e. The van der Waals surface area contributed by atoms with Crippen molar-refractivity contribution in [3.63, 3.8) is 0 Å². The Balaban J connectivity index is 1.85. The Morgan fingerprint density at radius 1 is 1.05 bits per heavy atom. The lowest BCUT2D eigenvalue weighted by Gasteiger charge is -2.28. The number of amides is 1. The third-order valence-corrected chi connectivity index (χ3v) is 3.42. The topological polar surface area (TPSA) is 53.2 Å². The van der Waals surface area contributed by atoms with Gasteiger partial charge < -0.3 is 9.88 Å². The molecule has 0 unspecified atom stereocenters. The summed E-state index contributed by atoms with van der Waals surface area (Å²) in [5, 5.41) is 0. The minimum absolute atomic E-state index is 0.118. The van der Waals surface area contributed by atoms with E-state index in [1.807, 2.05) is 18.2 Å². The molecule has 0 radical (unpaired) electrons. The fourth-order valence-electron chi connectivity index (χ4n) is 2.41. The number of hydrogen-bond donors (Lipinski definition) is 1. The van der Waals surface area contributed by atoms with Crippen molar-refractivity contribution in [2.24, 2.45) is 0 Å². The van der Waals surface area contributed by atoms with Crippen molar-refractivity contribution in [1.82, 2.24) is 9.88 Å². The van der Waals surface area contributed by atoms with Crippen LogP contribution in [-0.4, -0.2) is 22.3 Å². The summed E-state index contributed by atoms with van der Waals surface area (Å²) in [6.07, 6.45) is 0.860. The maximum atomic E-state index is 12.3. The molecule has 3 rings (SSSR count). The molecule has 0 saturated heterocycles. The van der Waals surface area contributed by atoms with Crippen LogP contribution in [-0.2, 0) is 13.0 Å². The van der Waals surface area contributed by atoms with Gasteiger partial charge in [-0.15, -0.1) is 0 Å². The Bertz CT molecular complexity index is 676. The third-order valence-electron chi connectivity index (χ3n) is 3.42. The van der Waals surface area contributed by atoms with Crippen LogP contribution in [0.2, 0.25) is 0 Å². The van der Waals surface area contributed by atoms with E-state index in [9.17, 15) is 9.59 Å². The van der Waals surface area contributed by atoms with Crippen molar-refractivity contribution in [3.05, 3.63) is 69.6 Å². The maximum absolute atomic E-state index is 12.3. The summed E-state index contributed by atoms with van der Waals surface area (Å²) in [7, 11) is 0. The molecule has 0 bridgehead atoms. The fourth-order valence-corrected chi connectivity index (χ4v) is 2.41. The molecule has 0 saturated carbocycles. The lowest BCUT2D eigenvalue weighted by Crippen LogP contribution is -2.36. The number of carbonyl (C=O) groups excluding carboxylic acids is 1. The molecule has 1 aliphatic rings. The van der Waals surface area contributed by atoms with Gasteiger partial charge in [0.2, 0.25) is 5.56 Å². The quantitative estimate of drug-likeness (QED) is 0.840. The lowest BCUT2D eigenvalue weighted by atomic mass is 10.00. The summed E-state index contributed by atoms with van der Waals surface area (Å²) in [6.45, 7) is 1.29. The number of nitrogens with one attached hydrogen (secondary N) is 1. The van der Waals surface area contributed by atoms with E-state index in [-0.39, 0.29) is 11.5 Å². The largest absolute Gasteiger partial charge is 0.333 e. The predicted molar refractivity (Wildman–Crippen MR) is 71.9 cm³/mol. The van der Waals surface area contributed by atoms with E-state index in [0.29, 0.717) is 18.8 Å². The second kappa shape index (κ2) is 4.72. The molecule has 19 heavy (non-hydrogen) atoms. The van der Waals surface area contributed by atoms with Gasteiger partial charge in [-0.25, -0.2) is 0 Å². The van der Waals surface area contributed by atoms with Crippen LogP contribution in [0.3, 0.4) is 0 Å². The number of hydrogen-bond acceptors (Lipinski definition) is 2. The fraction of sp³-hybridized carbons (Fsp3) is 0.200. The van der Waals surface area contributed by atoms with Crippen LogP contribution in [0.5, 0.6) is 0 Å². The number of carbonyl (C=O) groups is 1. The van der Waals surface area contributed by atoms with E-state index in [1.54, 1.807) is 17.0 Å². The highest BCUT2D eigenvalue weighted by molar-refractivity contribution is 5.92. The van der Waals surface area contributed by atoms with Gasteiger partial charge in [-0.05, 0) is 23.6 Å². The summed E-state index contributed by atoms with van der Waals surface area (Å²) < 4.78 is 0. The first-order chi connectivity index (χ1) is 9.24. The van der Waals surface area contributed by atoms with E-state index in [4.69, 9.17) is 0 Å². The van der Waals surface area contributed by atoms with Crippen LogP contribution in [0.15, 0.2) is 47.3 Å². The third kappa shape index (κ3) is 2.29. The highest BCUT2D eigenvalue weighted by Gasteiger charge is 2.21. The van der Waals surface area contributed by atoms with Gasteiger partial charge in [-0.1, -0.05) is 30.3 Å². The molecule has 0 aliphatic carbocycles. The second-order valence-corrected chi connectivity index (χ2v) is 4.67. The first-order valence-corrected chi connectivity index (χ1v) is 6.29. The summed E-state index contributed by atoms with van der Waals surface area (Å²) in [4.78, 5) is 27.9. The molecule has 4 nitrogen and oxygen atoms in total. The minimum Gasteiger partial charge on any atom is -0.333 e. The number of aromatic amines is 1. The molecule has 96 valence electrons. The van der Waals surface area contributed by atoms with Gasteiger partial charge in [0.25, 0.3) is 5.91 Å². The first-order valence-electron chi connectivity index (χ1n) is 6.29. The molecule has 1 aliphatic heterocycles. The summed E-state index contributed by atoms with van der Waals surface area (Å²) in [5.41, 5.74) is 2.59. The average molecular weight is 254 g/mol. The van der Waals surface area contributed by atoms with Crippen LogP contribution in [0.25, 0.3) is 0 Å². The number of pyridine rings is 1. The monoisotopic (exact) mass is 254 g/mol. The zero-order valence-corrected chi connectivity index (χ0v) is 10.4. The standard InChI is InChI=1S/C15H14N2O2/c18-14-7-3-6-13(16-14)15(19)17-9-8-11-4-1-2-5-12(11)10-17/h1-7H,8-10H2,(H,16,18). The van der Waals surface area contributed by atoms with E-state index in [0.717, 1.165) is 6.42 Å². The van der Waals surface area contributed by atoms with Crippen molar-refractivity contribution in [1.29, 1.82) is 0 Å². The Hall–Kier alpha value is -2.36. The molecule has 0 atom stereocenters. The van der Waals surface area contributed by atoms with Crippen LogP contribution >= 0.6 is 0 Å². The molecule has 1 aromatic heterocycles. The van der Waals surface area contributed by atoms with E-state index in [1.165, 1.54) is 17.2 Å². The normalized spacial score (nSPS) is 14.0. The molecule has 1 amide bonds. The average Bonchev–Trinajstić information content (AvgIpc) is 2.46. The summed E-state index contributed by atoms with van der Waals surface area (Å²) in [6, 6.07) is 12.8.